The smallest absolute Gasteiger partial charge is 0.326 e. The number of hydrogen-bond donors (Lipinski definition) is 2. The van der Waals surface area contributed by atoms with Crippen molar-refractivity contribution in [3.63, 3.8) is 0 Å². The number of carbonyl (C=O) groups excluding carboxylic acids is 1. The molecule has 2 N–H and O–H groups in total. The lowest BCUT2D eigenvalue weighted by molar-refractivity contribution is -0.140. The molecule has 2 aromatic rings. The van der Waals surface area contributed by atoms with Crippen LogP contribution in [0, 0.1) is 5.92 Å². The third-order valence-electron chi connectivity index (χ3n) is 4.82. The number of nitrogens with one attached hydrogen (secondary N) is 1. The summed E-state index contributed by atoms with van der Waals surface area (Å²) in [7, 11) is 6.24. The van der Waals surface area contributed by atoms with E-state index in [1.807, 2.05) is 6.92 Å². The molecule has 0 saturated carbocycles. The van der Waals surface area contributed by atoms with Gasteiger partial charge in [-0.3, -0.25) is 4.79 Å². The fourth-order valence-corrected chi connectivity index (χ4v) is 3.10. The number of carbonyl (C=O) groups is 2. The maximum Gasteiger partial charge on any atom is 0.326 e. The SMILES string of the molecule is CCC(C)C(NC(=O)c1cc2cc(OC)c(OC)c(OC)c2n1C)C(=O)O. The topological polar surface area (TPSA) is 99.0 Å². The van der Waals surface area contributed by atoms with Crippen molar-refractivity contribution in [2.75, 3.05) is 21.3 Å². The largest absolute Gasteiger partial charge is 0.493 e. The van der Waals surface area contributed by atoms with Crippen LogP contribution in [0.3, 0.4) is 0 Å². The summed E-state index contributed by atoms with van der Waals surface area (Å²) in [6.07, 6.45) is 0.634. The highest BCUT2D eigenvalue weighted by Gasteiger charge is 2.28. The molecule has 0 spiro atoms. The van der Waals surface area contributed by atoms with Gasteiger partial charge in [0, 0.05) is 12.4 Å². The van der Waals surface area contributed by atoms with Crippen molar-refractivity contribution in [3.05, 3.63) is 17.8 Å². The zero-order valence-corrected chi connectivity index (χ0v) is 16.5. The second kappa shape index (κ2) is 8.20. The van der Waals surface area contributed by atoms with Crippen molar-refractivity contribution in [3.8, 4) is 17.2 Å². The predicted octanol–water partition coefficient (Wildman–Crippen LogP) is 2.43. The van der Waals surface area contributed by atoms with Crippen LogP contribution in [0.5, 0.6) is 17.2 Å². The van der Waals surface area contributed by atoms with Crippen LogP contribution in [-0.2, 0) is 11.8 Å². The number of aliphatic carboxylic acids is 1. The summed E-state index contributed by atoms with van der Waals surface area (Å²) >= 11 is 0. The molecule has 2 rings (SSSR count). The number of rotatable bonds is 8. The first-order chi connectivity index (χ1) is 12.8. The number of aromatic nitrogens is 1. The molecule has 0 aliphatic rings. The fourth-order valence-electron chi connectivity index (χ4n) is 3.10. The number of nitrogens with zero attached hydrogens (tertiary/aromatic N) is 1. The molecule has 0 fully saturated rings. The van der Waals surface area contributed by atoms with Gasteiger partial charge in [0.15, 0.2) is 11.5 Å². The number of aryl methyl sites for hydroxylation is 1. The Hall–Kier alpha value is -2.90. The van der Waals surface area contributed by atoms with Gasteiger partial charge in [0.1, 0.15) is 11.7 Å². The first kappa shape index (κ1) is 20.4. The van der Waals surface area contributed by atoms with Gasteiger partial charge in [0.25, 0.3) is 5.91 Å². The number of carboxylic acids is 1. The number of methoxy groups -OCH3 is 3. The molecule has 8 heteroatoms. The number of amides is 1. The molecule has 1 aromatic carbocycles. The van der Waals surface area contributed by atoms with Gasteiger partial charge in [0.2, 0.25) is 5.75 Å². The van der Waals surface area contributed by atoms with E-state index in [1.54, 1.807) is 30.7 Å². The maximum absolute atomic E-state index is 12.8. The highest BCUT2D eigenvalue weighted by molar-refractivity contribution is 6.02. The van der Waals surface area contributed by atoms with Crippen molar-refractivity contribution in [2.24, 2.45) is 13.0 Å². The van der Waals surface area contributed by atoms with E-state index >= 15 is 0 Å². The molecule has 0 saturated heterocycles. The van der Waals surface area contributed by atoms with Crippen molar-refractivity contribution in [2.45, 2.75) is 26.3 Å². The number of ether oxygens (including phenoxy) is 3. The molecule has 1 amide bonds. The van der Waals surface area contributed by atoms with Crippen molar-refractivity contribution in [1.82, 2.24) is 9.88 Å². The van der Waals surface area contributed by atoms with E-state index in [1.165, 1.54) is 21.3 Å². The summed E-state index contributed by atoms with van der Waals surface area (Å²) in [6, 6.07) is 2.45. The van der Waals surface area contributed by atoms with E-state index in [0.717, 1.165) is 0 Å². The average molecular weight is 378 g/mol. The minimum atomic E-state index is -1.06. The Morgan fingerprint density at radius 3 is 2.26 bits per heavy atom. The van der Waals surface area contributed by atoms with Crippen LogP contribution in [0.25, 0.3) is 10.9 Å². The maximum atomic E-state index is 12.8. The zero-order chi connectivity index (χ0) is 20.3. The van der Waals surface area contributed by atoms with Gasteiger partial charge in [0.05, 0.1) is 26.8 Å². The highest BCUT2D eigenvalue weighted by atomic mass is 16.5. The van der Waals surface area contributed by atoms with Gasteiger partial charge in [-0.25, -0.2) is 4.79 Å². The summed E-state index contributed by atoms with van der Waals surface area (Å²) in [5.41, 5.74) is 0.962. The average Bonchev–Trinajstić information content (AvgIpc) is 2.99. The minimum absolute atomic E-state index is 0.198. The molecule has 2 atom stereocenters. The van der Waals surface area contributed by atoms with Gasteiger partial charge in [-0.2, -0.15) is 0 Å². The molecule has 0 bridgehead atoms. The lowest BCUT2D eigenvalue weighted by atomic mass is 9.99. The third kappa shape index (κ3) is 3.65. The van der Waals surface area contributed by atoms with Gasteiger partial charge in [-0.1, -0.05) is 20.3 Å². The van der Waals surface area contributed by atoms with Crippen LogP contribution >= 0.6 is 0 Å². The molecule has 148 valence electrons. The lowest BCUT2D eigenvalue weighted by Gasteiger charge is -2.20. The Labute approximate surface area is 158 Å². The number of carboxylic acid groups (broad SMARTS) is 1. The summed E-state index contributed by atoms with van der Waals surface area (Å²) in [5, 5.41) is 12.8. The Morgan fingerprint density at radius 2 is 1.78 bits per heavy atom. The van der Waals surface area contributed by atoms with Gasteiger partial charge < -0.3 is 29.2 Å². The van der Waals surface area contributed by atoms with Crippen LogP contribution in [0.15, 0.2) is 12.1 Å². The normalized spacial score (nSPS) is 13.1. The van der Waals surface area contributed by atoms with Gasteiger partial charge >= 0.3 is 5.97 Å². The molecule has 0 aliphatic carbocycles. The molecule has 1 aromatic heterocycles. The Balaban J connectivity index is 2.55. The minimum Gasteiger partial charge on any atom is -0.493 e. The Morgan fingerprint density at radius 1 is 1.15 bits per heavy atom. The fraction of sp³-hybridized carbons (Fsp3) is 0.474. The summed E-state index contributed by atoms with van der Waals surface area (Å²) in [5.74, 6) is -0.397. The van der Waals surface area contributed by atoms with Crippen LogP contribution in [0.4, 0.5) is 0 Å². The van der Waals surface area contributed by atoms with E-state index in [9.17, 15) is 14.7 Å². The van der Waals surface area contributed by atoms with Crippen LogP contribution in [0.1, 0.15) is 30.8 Å². The van der Waals surface area contributed by atoms with E-state index in [2.05, 4.69) is 5.32 Å². The summed E-state index contributed by atoms with van der Waals surface area (Å²) < 4.78 is 17.9. The zero-order valence-electron chi connectivity index (χ0n) is 16.5. The van der Waals surface area contributed by atoms with E-state index in [-0.39, 0.29) is 5.92 Å². The van der Waals surface area contributed by atoms with Gasteiger partial charge in [-0.15, -0.1) is 0 Å². The lowest BCUT2D eigenvalue weighted by Crippen LogP contribution is -2.45. The van der Waals surface area contributed by atoms with E-state index in [4.69, 9.17) is 14.2 Å². The standard InChI is InChI=1S/C19H26N2O6/c1-7-10(2)14(19(23)24)20-18(22)12-8-11-9-13(25-4)16(26-5)17(27-6)15(11)21(12)3/h8-10,14H,7H2,1-6H3,(H,20,22)(H,23,24). The van der Waals surface area contributed by atoms with Gasteiger partial charge in [-0.05, 0) is 18.1 Å². The monoisotopic (exact) mass is 378 g/mol. The molecule has 1 heterocycles. The van der Waals surface area contributed by atoms with E-state index in [0.29, 0.717) is 40.3 Å². The van der Waals surface area contributed by atoms with E-state index < -0.39 is 17.9 Å². The quantitative estimate of drug-likeness (QED) is 0.732. The van der Waals surface area contributed by atoms with Crippen LogP contribution in [-0.4, -0.2) is 48.9 Å². The first-order valence-corrected chi connectivity index (χ1v) is 8.62. The molecule has 2 unspecified atom stereocenters. The first-order valence-electron chi connectivity index (χ1n) is 8.62. The highest BCUT2D eigenvalue weighted by Crippen LogP contribution is 2.44. The molecule has 0 aliphatic heterocycles. The van der Waals surface area contributed by atoms with Crippen molar-refractivity contribution in [1.29, 1.82) is 0 Å². The Kier molecular flexibility index (Phi) is 6.20. The van der Waals surface area contributed by atoms with Crippen LogP contribution in [0.2, 0.25) is 0 Å². The van der Waals surface area contributed by atoms with Crippen LogP contribution < -0.4 is 19.5 Å². The number of benzene rings is 1. The molecule has 0 radical (unpaired) electrons. The number of fused-ring (bicyclic) bond motifs is 1. The van der Waals surface area contributed by atoms with Crippen molar-refractivity contribution >= 4 is 22.8 Å². The molecular formula is C19H26N2O6. The summed E-state index contributed by atoms with van der Waals surface area (Å²) in [6.45, 7) is 3.67. The van der Waals surface area contributed by atoms with Crippen molar-refractivity contribution < 1.29 is 28.9 Å². The summed E-state index contributed by atoms with van der Waals surface area (Å²) in [4.78, 5) is 24.3. The molecule has 27 heavy (non-hydrogen) atoms. The number of hydrogen-bond acceptors (Lipinski definition) is 5. The second-order valence-corrected chi connectivity index (χ2v) is 6.35. The third-order valence-corrected chi connectivity index (χ3v) is 4.82. The molecular weight excluding hydrogens is 352 g/mol. The predicted molar refractivity (Wildman–Crippen MR) is 101 cm³/mol. The molecule has 8 nitrogen and oxygen atoms in total. The Bertz CT molecular complexity index is 858. The second-order valence-electron chi connectivity index (χ2n) is 6.35.